The molecule has 0 atom stereocenters. The number of rotatable bonds is 7. The molecule has 0 saturated heterocycles. The molecule has 1 heterocycles. The molecule has 1 aromatic heterocycles. The SMILES string of the molecule is CC(C)CN(CCc1ccccn1)CC(=O)O. The molecule has 0 radical (unpaired) electrons. The van der Waals surface area contributed by atoms with Crippen LogP contribution in [0.4, 0.5) is 0 Å². The predicted molar refractivity (Wildman–Crippen MR) is 66.9 cm³/mol. The van der Waals surface area contributed by atoms with E-state index in [0.29, 0.717) is 5.92 Å². The molecule has 1 aromatic rings. The van der Waals surface area contributed by atoms with Gasteiger partial charge in [-0.2, -0.15) is 0 Å². The van der Waals surface area contributed by atoms with Crippen molar-refractivity contribution in [1.82, 2.24) is 9.88 Å². The third-order valence-corrected chi connectivity index (χ3v) is 2.39. The Kier molecular flexibility index (Phi) is 5.63. The number of hydrogen-bond acceptors (Lipinski definition) is 3. The number of pyridine rings is 1. The number of nitrogens with zero attached hydrogens (tertiary/aromatic N) is 2. The van der Waals surface area contributed by atoms with Crippen LogP contribution in [0, 0.1) is 5.92 Å². The lowest BCUT2D eigenvalue weighted by molar-refractivity contribution is -0.138. The van der Waals surface area contributed by atoms with Crippen LogP contribution < -0.4 is 0 Å². The first kappa shape index (κ1) is 13.6. The third-order valence-electron chi connectivity index (χ3n) is 2.39. The Labute approximate surface area is 102 Å². The van der Waals surface area contributed by atoms with Crippen LogP contribution in [0.2, 0.25) is 0 Å². The average Bonchev–Trinajstić information content (AvgIpc) is 2.26. The van der Waals surface area contributed by atoms with Crippen molar-refractivity contribution in [2.45, 2.75) is 20.3 Å². The minimum atomic E-state index is -0.772. The molecule has 0 fully saturated rings. The lowest BCUT2D eigenvalue weighted by Crippen LogP contribution is -2.34. The standard InChI is InChI=1S/C13H20N2O2/c1-11(2)9-15(10-13(16)17)8-6-12-5-3-4-7-14-12/h3-5,7,11H,6,8-10H2,1-2H3,(H,16,17). The largest absolute Gasteiger partial charge is 0.480 e. The van der Waals surface area contributed by atoms with E-state index in [0.717, 1.165) is 25.2 Å². The average molecular weight is 236 g/mol. The molecular weight excluding hydrogens is 216 g/mol. The number of hydrogen-bond donors (Lipinski definition) is 1. The van der Waals surface area contributed by atoms with Crippen LogP contribution in [0.15, 0.2) is 24.4 Å². The van der Waals surface area contributed by atoms with E-state index in [1.807, 2.05) is 23.1 Å². The van der Waals surface area contributed by atoms with Crippen LogP contribution in [0.5, 0.6) is 0 Å². The van der Waals surface area contributed by atoms with Gasteiger partial charge in [-0.25, -0.2) is 0 Å². The maximum atomic E-state index is 10.7. The van der Waals surface area contributed by atoms with Crippen molar-refractivity contribution in [2.75, 3.05) is 19.6 Å². The first-order valence-electron chi connectivity index (χ1n) is 5.92. The van der Waals surface area contributed by atoms with Crippen molar-refractivity contribution in [3.8, 4) is 0 Å². The Hall–Kier alpha value is -1.42. The zero-order valence-corrected chi connectivity index (χ0v) is 10.5. The van der Waals surface area contributed by atoms with Crippen molar-refractivity contribution in [3.05, 3.63) is 30.1 Å². The van der Waals surface area contributed by atoms with Gasteiger partial charge in [0, 0.05) is 31.4 Å². The highest BCUT2D eigenvalue weighted by atomic mass is 16.4. The zero-order chi connectivity index (χ0) is 12.7. The summed E-state index contributed by atoms with van der Waals surface area (Å²) in [5, 5.41) is 8.84. The molecule has 0 aliphatic rings. The second-order valence-electron chi connectivity index (χ2n) is 4.59. The minimum absolute atomic E-state index is 0.102. The second-order valence-corrected chi connectivity index (χ2v) is 4.59. The lowest BCUT2D eigenvalue weighted by atomic mass is 10.2. The van der Waals surface area contributed by atoms with Gasteiger partial charge in [-0.1, -0.05) is 19.9 Å². The number of carboxylic acid groups (broad SMARTS) is 1. The fourth-order valence-corrected chi connectivity index (χ4v) is 1.76. The van der Waals surface area contributed by atoms with Crippen molar-refractivity contribution in [3.63, 3.8) is 0 Å². The molecule has 0 amide bonds. The van der Waals surface area contributed by atoms with Crippen LogP contribution in [-0.4, -0.2) is 40.6 Å². The molecule has 1 N–H and O–H groups in total. The first-order valence-corrected chi connectivity index (χ1v) is 5.92. The number of carboxylic acids is 1. The summed E-state index contributed by atoms with van der Waals surface area (Å²) in [6, 6.07) is 5.80. The quantitative estimate of drug-likeness (QED) is 0.782. The van der Waals surface area contributed by atoms with Crippen LogP contribution in [0.1, 0.15) is 19.5 Å². The zero-order valence-electron chi connectivity index (χ0n) is 10.5. The Morgan fingerprint density at radius 3 is 2.76 bits per heavy atom. The molecule has 1 rings (SSSR count). The molecule has 0 aliphatic carbocycles. The molecule has 0 unspecified atom stereocenters. The van der Waals surface area contributed by atoms with E-state index >= 15 is 0 Å². The van der Waals surface area contributed by atoms with Gasteiger partial charge in [-0.3, -0.25) is 14.7 Å². The third kappa shape index (κ3) is 6.02. The van der Waals surface area contributed by atoms with E-state index in [2.05, 4.69) is 18.8 Å². The Bertz CT molecular complexity index is 339. The summed E-state index contributed by atoms with van der Waals surface area (Å²) in [7, 11) is 0. The molecular formula is C13H20N2O2. The summed E-state index contributed by atoms with van der Waals surface area (Å²) >= 11 is 0. The van der Waals surface area contributed by atoms with Crippen molar-refractivity contribution < 1.29 is 9.90 Å². The summed E-state index contributed by atoms with van der Waals surface area (Å²) in [6.45, 7) is 5.83. The highest BCUT2D eigenvalue weighted by Crippen LogP contribution is 2.02. The van der Waals surface area contributed by atoms with Gasteiger partial charge < -0.3 is 5.11 Å². The summed E-state index contributed by atoms with van der Waals surface area (Å²) in [6.07, 6.45) is 2.56. The maximum absolute atomic E-state index is 10.7. The van der Waals surface area contributed by atoms with Gasteiger partial charge in [0.05, 0.1) is 6.54 Å². The van der Waals surface area contributed by atoms with Gasteiger partial charge in [0.25, 0.3) is 0 Å². The highest BCUT2D eigenvalue weighted by Gasteiger charge is 2.11. The lowest BCUT2D eigenvalue weighted by Gasteiger charge is -2.21. The smallest absolute Gasteiger partial charge is 0.317 e. The van der Waals surface area contributed by atoms with E-state index < -0.39 is 5.97 Å². The minimum Gasteiger partial charge on any atom is -0.480 e. The number of aliphatic carboxylic acids is 1. The fraction of sp³-hybridized carbons (Fsp3) is 0.538. The van der Waals surface area contributed by atoms with E-state index in [1.54, 1.807) is 6.20 Å². The van der Waals surface area contributed by atoms with Gasteiger partial charge in [0.15, 0.2) is 0 Å². The van der Waals surface area contributed by atoms with Gasteiger partial charge in [0.2, 0.25) is 0 Å². The van der Waals surface area contributed by atoms with Crippen LogP contribution >= 0.6 is 0 Å². The normalized spacial score (nSPS) is 11.1. The maximum Gasteiger partial charge on any atom is 0.317 e. The first-order chi connectivity index (χ1) is 8.08. The fourth-order valence-electron chi connectivity index (χ4n) is 1.76. The van der Waals surface area contributed by atoms with E-state index in [-0.39, 0.29) is 6.54 Å². The molecule has 0 aromatic carbocycles. The summed E-state index contributed by atoms with van der Waals surface area (Å²) < 4.78 is 0. The highest BCUT2D eigenvalue weighted by molar-refractivity contribution is 5.69. The summed E-state index contributed by atoms with van der Waals surface area (Å²) in [4.78, 5) is 16.9. The Balaban J connectivity index is 2.45. The van der Waals surface area contributed by atoms with Gasteiger partial charge in [-0.05, 0) is 18.1 Å². The molecule has 4 nitrogen and oxygen atoms in total. The summed E-state index contributed by atoms with van der Waals surface area (Å²) in [5.74, 6) is -0.301. The van der Waals surface area contributed by atoms with Crippen LogP contribution in [0.3, 0.4) is 0 Å². The number of carbonyl (C=O) groups is 1. The van der Waals surface area contributed by atoms with E-state index in [1.165, 1.54) is 0 Å². The Morgan fingerprint density at radius 1 is 1.47 bits per heavy atom. The van der Waals surface area contributed by atoms with Gasteiger partial charge in [-0.15, -0.1) is 0 Å². The van der Waals surface area contributed by atoms with Gasteiger partial charge >= 0.3 is 5.97 Å². The van der Waals surface area contributed by atoms with Crippen LogP contribution in [0.25, 0.3) is 0 Å². The molecule has 94 valence electrons. The van der Waals surface area contributed by atoms with Crippen LogP contribution in [-0.2, 0) is 11.2 Å². The molecule has 0 saturated carbocycles. The molecule has 0 bridgehead atoms. The topological polar surface area (TPSA) is 53.4 Å². The van der Waals surface area contributed by atoms with E-state index in [4.69, 9.17) is 5.11 Å². The second kappa shape index (κ2) is 7.01. The molecule has 0 spiro atoms. The van der Waals surface area contributed by atoms with Crippen molar-refractivity contribution in [1.29, 1.82) is 0 Å². The molecule has 17 heavy (non-hydrogen) atoms. The predicted octanol–water partition coefficient (Wildman–Crippen LogP) is 1.67. The van der Waals surface area contributed by atoms with Crippen molar-refractivity contribution >= 4 is 5.97 Å². The summed E-state index contributed by atoms with van der Waals surface area (Å²) in [5.41, 5.74) is 1.01. The van der Waals surface area contributed by atoms with Crippen molar-refractivity contribution in [2.24, 2.45) is 5.92 Å². The monoisotopic (exact) mass is 236 g/mol. The molecule has 4 heteroatoms. The molecule has 0 aliphatic heterocycles. The Morgan fingerprint density at radius 2 is 2.24 bits per heavy atom. The van der Waals surface area contributed by atoms with E-state index in [9.17, 15) is 4.79 Å². The number of aromatic nitrogens is 1. The van der Waals surface area contributed by atoms with Gasteiger partial charge in [0.1, 0.15) is 0 Å².